The molecule has 3 aliphatic rings. The van der Waals surface area contributed by atoms with E-state index in [9.17, 15) is 4.79 Å². The van der Waals surface area contributed by atoms with Gasteiger partial charge in [0.1, 0.15) is 5.75 Å². The maximum absolute atomic E-state index is 12.6. The third-order valence-corrected chi connectivity index (χ3v) is 8.43. The summed E-state index contributed by atoms with van der Waals surface area (Å²) < 4.78 is 11.6. The summed E-state index contributed by atoms with van der Waals surface area (Å²) in [5, 5.41) is 5.86. The standard InChI is InChI=1S/C33H40N4O3/c38-33(35-27-11-15-30(16-12-27)40-29-5-1-2-6-29)34-26-9-13-28(14-10-26)36-19-17-25(18-20-36)31-7-3-4-8-32(31)37-21-23-39-24-22-37/h3-4,7-16,25,29H,1-2,5-6,17-24H2,(H2,34,35,38). The molecule has 2 saturated heterocycles. The predicted octanol–water partition coefficient (Wildman–Crippen LogP) is 6.87. The minimum atomic E-state index is -0.253. The molecule has 2 N–H and O–H groups in total. The van der Waals surface area contributed by atoms with Crippen LogP contribution in [-0.2, 0) is 4.74 Å². The number of hydrogen-bond donors (Lipinski definition) is 2. The number of amides is 2. The maximum Gasteiger partial charge on any atom is 0.323 e. The van der Waals surface area contributed by atoms with Gasteiger partial charge < -0.3 is 29.9 Å². The molecule has 2 heterocycles. The number of benzene rings is 3. The van der Waals surface area contributed by atoms with Crippen molar-refractivity contribution in [1.29, 1.82) is 0 Å². The summed E-state index contributed by atoms with van der Waals surface area (Å²) in [6.07, 6.45) is 7.34. The number of carbonyl (C=O) groups is 1. The van der Waals surface area contributed by atoms with E-state index in [-0.39, 0.29) is 6.03 Å². The molecule has 2 amide bonds. The Bertz CT molecular complexity index is 1240. The van der Waals surface area contributed by atoms with Crippen molar-refractivity contribution in [2.45, 2.75) is 50.5 Å². The van der Waals surface area contributed by atoms with Crippen LogP contribution in [0.4, 0.5) is 27.5 Å². The van der Waals surface area contributed by atoms with Gasteiger partial charge in [0.05, 0.1) is 19.3 Å². The highest BCUT2D eigenvalue weighted by molar-refractivity contribution is 5.99. The molecule has 0 spiro atoms. The lowest BCUT2D eigenvalue weighted by atomic mass is 9.87. The Kier molecular flexibility index (Phi) is 8.38. The van der Waals surface area contributed by atoms with Crippen molar-refractivity contribution in [2.24, 2.45) is 0 Å². The average Bonchev–Trinajstić information content (AvgIpc) is 3.52. The number of morpholine rings is 1. The molecule has 0 radical (unpaired) electrons. The molecule has 40 heavy (non-hydrogen) atoms. The molecule has 7 heteroatoms. The normalized spacial score (nSPS) is 18.5. The second-order valence-corrected chi connectivity index (χ2v) is 11.1. The first kappa shape index (κ1) is 26.5. The van der Waals surface area contributed by atoms with Gasteiger partial charge in [-0.05, 0) is 105 Å². The Hall–Kier alpha value is -3.71. The number of anilines is 4. The van der Waals surface area contributed by atoms with Gasteiger partial charge in [0, 0.05) is 48.9 Å². The van der Waals surface area contributed by atoms with E-state index >= 15 is 0 Å². The lowest BCUT2D eigenvalue weighted by Crippen LogP contribution is -2.38. The van der Waals surface area contributed by atoms with Crippen LogP contribution in [0.5, 0.6) is 5.75 Å². The quantitative estimate of drug-likeness (QED) is 0.342. The SMILES string of the molecule is O=C(Nc1ccc(OC2CCCC2)cc1)Nc1ccc(N2CCC(c3ccccc3N3CCOCC3)CC2)cc1. The molecule has 6 rings (SSSR count). The van der Waals surface area contributed by atoms with Gasteiger partial charge in [-0.3, -0.25) is 0 Å². The fraction of sp³-hybridized carbons (Fsp3) is 0.424. The van der Waals surface area contributed by atoms with Gasteiger partial charge >= 0.3 is 6.03 Å². The third kappa shape index (κ3) is 6.53. The molecule has 1 aliphatic carbocycles. The smallest absolute Gasteiger partial charge is 0.323 e. The summed E-state index contributed by atoms with van der Waals surface area (Å²) in [5.41, 5.74) is 5.57. The van der Waals surface area contributed by atoms with Crippen LogP contribution in [-0.4, -0.2) is 51.5 Å². The van der Waals surface area contributed by atoms with E-state index in [1.165, 1.54) is 29.8 Å². The summed E-state index contributed by atoms with van der Waals surface area (Å²) in [4.78, 5) is 17.5. The zero-order valence-electron chi connectivity index (χ0n) is 23.2. The van der Waals surface area contributed by atoms with E-state index in [1.54, 1.807) is 0 Å². The fourth-order valence-corrected chi connectivity index (χ4v) is 6.24. The number of nitrogens with one attached hydrogen (secondary N) is 2. The fourth-order valence-electron chi connectivity index (χ4n) is 6.24. The molecule has 0 aromatic heterocycles. The van der Waals surface area contributed by atoms with Crippen LogP contribution in [0.2, 0.25) is 0 Å². The highest BCUT2D eigenvalue weighted by atomic mass is 16.5. The van der Waals surface area contributed by atoms with Crippen molar-refractivity contribution in [3.63, 3.8) is 0 Å². The van der Waals surface area contributed by atoms with Crippen molar-refractivity contribution in [3.05, 3.63) is 78.4 Å². The second kappa shape index (κ2) is 12.6. The van der Waals surface area contributed by atoms with E-state index < -0.39 is 0 Å². The molecule has 0 atom stereocenters. The van der Waals surface area contributed by atoms with Crippen molar-refractivity contribution in [2.75, 3.05) is 59.8 Å². The van der Waals surface area contributed by atoms with Crippen molar-refractivity contribution in [3.8, 4) is 5.75 Å². The minimum Gasteiger partial charge on any atom is -0.490 e. The van der Waals surface area contributed by atoms with Gasteiger partial charge in [0.2, 0.25) is 0 Å². The Morgan fingerprint density at radius 1 is 0.725 bits per heavy atom. The number of piperidine rings is 1. The van der Waals surface area contributed by atoms with Crippen LogP contribution >= 0.6 is 0 Å². The van der Waals surface area contributed by atoms with Gasteiger partial charge in [0.15, 0.2) is 0 Å². The molecule has 3 aromatic carbocycles. The molecule has 7 nitrogen and oxygen atoms in total. The van der Waals surface area contributed by atoms with E-state index in [4.69, 9.17) is 9.47 Å². The largest absolute Gasteiger partial charge is 0.490 e. The molecule has 0 bridgehead atoms. The predicted molar refractivity (Wildman–Crippen MR) is 162 cm³/mol. The van der Waals surface area contributed by atoms with E-state index in [0.717, 1.165) is 82.2 Å². The molecular formula is C33H40N4O3. The summed E-state index contributed by atoms with van der Waals surface area (Å²) in [6, 6.07) is 24.4. The summed E-state index contributed by atoms with van der Waals surface area (Å²) in [7, 11) is 0. The first-order valence-electron chi connectivity index (χ1n) is 14.8. The monoisotopic (exact) mass is 540 g/mol. The van der Waals surface area contributed by atoms with Gasteiger partial charge in [0.25, 0.3) is 0 Å². The van der Waals surface area contributed by atoms with Gasteiger partial charge in [-0.15, -0.1) is 0 Å². The van der Waals surface area contributed by atoms with Crippen LogP contribution in [0.25, 0.3) is 0 Å². The summed E-state index contributed by atoms with van der Waals surface area (Å²) in [6.45, 7) is 5.60. The number of carbonyl (C=O) groups excluding carboxylic acids is 1. The number of urea groups is 1. The molecule has 2 aliphatic heterocycles. The molecular weight excluding hydrogens is 500 g/mol. The van der Waals surface area contributed by atoms with Crippen molar-refractivity contribution in [1.82, 2.24) is 0 Å². The number of hydrogen-bond acceptors (Lipinski definition) is 5. The summed E-state index contributed by atoms with van der Waals surface area (Å²) >= 11 is 0. The average molecular weight is 541 g/mol. The molecule has 3 aromatic rings. The molecule has 210 valence electrons. The first-order chi connectivity index (χ1) is 19.7. The van der Waals surface area contributed by atoms with Crippen LogP contribution < -0.4 is 25.2 Å². The number of ether oxygens (including phenoxy) is 2. The van der Waals surface area contributed by atoms with Gasteiger partial charge in [-0.1, -0.05) is 18.2 Å². The number of para-hydroxylation sites is 1. The van der Waals surface area contributed by atoms with Crippen LogP contribution in [0, 0.1) is 0 Å². The minimum absolute atomic E-state index is 0.253. The Morgan fingerprint density at radius 2 is 1.35 bits per heavy atom. The second-order valence-electron chi connectivity index (χ2n) is 11.1. The zero-order valence-corrected chi connectivity index (χ0v) is 23.2. The Balaban J connectivity index is 0.989. The van der Waals surface area contributed by atoms with E-state index in [0.29, 0.717) is 12.0 Å². The van der Waals surface area contributed by atoms with Crippen LogP contribution in [0.3, 0.4) is 0 Å². The highest BCUT2D eigenvalue weighted by Crippen LogP contribution is 2.36. The maximum atomic E-state index is 12.6. The van der Waals surface area contributed by atoms with Crippen molar-refractivity contribution < 1.29 is 14.3 Å². The zero-order chi connectivity index (χ0) is 27.1. The van der Waals surface area contributed by atoms with E-state index in [2.05, 4.69) is 56.8 Å². The van der Waals surface area contributed by atoms with Crippen molar-refractivity contribution >= 4 is 28.8 Å². The molecule has 3 fully saturated rings. The van der Waals surface area contributed by atoms with Gasteiger partial charge in [-0.2, -0.15) is 0 Å². The Labute approximate surface area is 237 Å². The first-order valence-corrected chi connectivity index (χ1v) is 14.8. The van der Waals surface area contributed by atoms with Gasteiger partial charge in [-0.25, -0.2) is 4.79 Å². The lowest BCUT2D eigenvalue weighted by molar-refractivity contribution is 0.122. The number of nitrogens with zero attached hydrogens (tertiary/aromatic N) is 2. The number of rotatable bonds is 7. The third-order valence-electron chi connectivity index (χ3n) is 8.43. The molecule has 1 saturated carbocycles. The topological polar surface area (TPSA) is 66.1 Å². The van der Waals surface area contributed by atoms with Crippen LogP contribution in [0.1, 0.15) is 50.0 Å². The van der Waals surface area contributed by atoms with Crippen LogP contribution in [0.15, 0.2) is 72.8 Å². The Morgan fingerprint density at radius 3 is 2.02 bits per heavy atom. The summed E-state index contributed by atoms with van der Waals surface area (Å²) in [5.74, 6) is 1.43. The highest BCUT2D eigenvalue weighted by Gasteiger charge is 2.25. The van der Waals surface area contributed by atoms with E-state index in [1.807, 2.05) is 36.4 Å². The lowest BCUT2D eigenvalue weighted by Gasteiger charge is -2.37. The molecule has 0 unspecified atom stereocenters.